The van der Waals surface area contributed by atoms with Gasteiger partial charge in [0.1, 0.15) is 0 Å². The van der Waals surface area contributed by atoms with E-state index in [1.165, 1.54) is 25.7 Å². The number of rotatable bonds is 6. The Bertz CT molecular complexity index is 181. The molecule has 0 aliphatic carbocycles. The van der Waals surface area contributed by atoms with E-state index in [1.54, 1.807) is 6.26 Å². The number of hydrogen-bond acceptors (Lipinski definition) is 2. The summed E-state index contributed by atoms with van der Waals surface area (Å²) in [5.41, 5.74) is 0.442. The van der Waals surface area contributed by atoms with Gasteiger partial charge in [0.25, 0.3) is 0 Å². The summed E-state index contributed by atoms with van der Waals surface area (Å²) >= 11 is 0. The molecule has 0 aromatic rings. The van der Waals surface area contributed by atoms with Crippen LogP contribution in [0.1, 0.15) is 46.0 Å². The third kappa shape index (κ3) is 4.25. The van der Waals surface area contributed by atoms with Crippen molar-refractivity contribution in [1.29, 1.82) is 0 Å². The largest absolute Gasteiger partial charge is 0.502 e. The Morgan fingerprint density at radius 1 is 1.47 bits per heavy atom. The second-order valence-electron chi connectivity index (χ2n) is 4.45. The van der Waals surface area contributed by atoms with E-state index in [9.17, 15) is 0 Å². The van der Waals surface area contributed by atoms with Gasteiger partial charge < -0.3 is 9.47 Å². The highest BCUT2D eigenvalue weighted by molar-refractivity contribution is 4.80. The second kappa shape index (κ2) is 6.89. The molecule has 1 heterocycles. The molecule has 2 nitrogen and oxygen atoms in total. The summed E-state index contributed by atoms with van der Waals surface area (Å²) in [5, 5.41) is 0. The Hall–Kier alpha value is -0.500. The van der Waals surface area contributed by atoms with Gasteiger partial charge in [-0.25, -0.2) is 0 Å². The lowest BCUT2D eigenvalue weighted by Crippen LogP contribution is -2.31. The molecule has 0 radical (unpaired) electrons. The predicted octanol–water partition coefficient (Wildman–Crippen LogP) is 3.52. The molecule has 1 fully saturated rings. The molecular formula is C13H24O2. The quantitative estimate of drug-likeness (QED) is 0.495. The molecule has 2 heteroatoms. The van der Waals surface area contributed by atoms with Crippen molar-refractivity contribution in [3.05, 3.63) is 12.3 Å². The van der Waals surface area contributed by atoms with Crippen LogP contribution in [0.4, 0.5) is 0 Å². The van der Waals surface area contributed by atoms with E-state index in [0.717, 1.165) is 26.2 Å². The Balaban J connectivity index is 2.20. The van der Waals surface area contributed by atoms with Gasteiger partial charge in [-0.2, -0.15) is 0 Å². The maximum atomic E-state index is 5.60. The highest BCUT2D eigenvalue weighted by atomic mass is 16.5. The lowest BCUT2D eigenvalue weighted by molar-refractivity contribution is -0.0180. The molecule has 0 bridgehead atoms. The summed E-state index contributed by atoms with van der Waals surface area (Å²) in [5.74, 6) is 0. The number of ether oxygens (including phenoxy) is 2. The molecule has 0 amide bonds. The van der Waals surface area contributed by atoms with E-state index in [1.807, 2.05) is 13.0 Å². The van der Waals surface area contributed by atoms with Crippen LogP contribution in [0.3, 0.4) is 0 Å². The molecule has 0 spiro atoms. The fourth-order valence-electron chi connectivity index (χ4n) is 2.26. The van der Waals surface area contributed by atoms with Gasteiger partial charge in [0.05, 0.1) is 19.5 Å². The molecule has 1 unspecified atom stereocenters. The monoisotopic (exact) mass is 212 g/mol. The summed E-state index contributed by atoms with van der Waals surface area (Å²) in [6.45, 7) is 7.00. The van der Waals surface area contributed by atoms with Crippen LogP contribution in [-0.2, 0) is 9.47 Å². The van der Waals surface area contributed by atoms with Gasteiger partial charge in [-0.15, -0.1) is 0 Å². The molecular weight excluding hydrogens is 188 g/mol. The van der Waals surface area contributed by atoms with Crippen LogP contribution < -0.4 is 0 Å². The van der Waals surface area contributed by atoms with E-state index >= 15 is 0 Å². The maximum Gasteiger partial charge on any atom is 0.0873 e. The number of allylic oxidation sites excluding steroid dienone is 1. The Labute approximate surface area is 93.7 Å². The lowest BCUT2D eigenvalue weighted by Gasteiger charge is -2.36. The van der Waals surface area contributed by atoms with Gasteiger partial charge >= 0.3 is 0 Å². The zero-order chi connectivity index (χ0) is 11.0. The fourth-order valence-corrected chi connectivity index (χ4v) is 2.26. The SMILES string of the molecule is C/C=C/OCCCC1(CC)CCCOC1. The topological polar surface area (TPSA) is 18.5 Å². The molecule has 1 aliphatic heterocycles. The molecule has 0 N–H and O–H groups in total. The Kier molecular flexibility index (Phi) is 5.77. The standard InChI is InChI=1S/C13H24O2/c1-3-9-14-10-5-7-13(4-2)8-6-11-15-12-13/h3,9H,4-8,10-12H2,1-2H3/b9-3+. The smallest absolute Gasteiger partial charge is 0.0873 e. The zero-order valence-electron chi connectivity index (χ0n) is 10.1. The molecule has 1 saturated heterocycles. The first-order chi connectivity index (χ1) is 7.33. The van der Waals surface area contributed by atoms with Gasteiger partial charge in [0, 0.05) is 6.61 Å². The van der Waals surface area contributed by atoms with Crippen LogP contribution >= 0.6 is 0 Å². The average molecular weight is 212 g/mol. The first-order valence-electron chi connectivity index (χ1n) is 6.13. The highest BCUT2D eigenvalue weighted by Crippen LogP contribution is 2.36. The molecule has 15 heavy (non-hydrogen) atoms. The van der Waals surface area contributed by atoms with Crippen LogP contribution in [0.15, 0.2) is 12.3 Å². The average Bonchev–Trinajstić information content (AvgIpc) is 2.30. The van der Waals surface area contributed by atoms with Crippen molar-refractivity contribution in [2.45, 2.75) is 46.0 Å². The zero-order valence-corrected chi connectivity index (χ0v) is 10.1. The molecule has 0 aromatic heterocycles. The van der Waals surface area contributed by atoms with Gasteiger partial charge in [-0.05, 0) is 44.4 Å². The van der Waals surface area contributed by atoms with Crippen molar-refractivity contribution in [3.63, 3.8) is 0 Å². The second-order valence-corrected chi connectivity index (χ2v) is 4.45. The van der Waals surface area contributed by atoms with E-state index in [4.69, 9.17) is 9.47 Å². The third-order valence-electron chi connectivity index (χ3n) is 3.36. The third-order valence-corrected chi connectivity index (χ3v) is 3.36. The molecule has 0 aromatic carbocycles. The van der Waals surface area contributed by atoms with Crippen molar-refractivity contribution in [3.8, 4) is 0 Å². The van der Waals surface area contributed by atoms with E-state index in [2.05, 4.69) is 6.92 Å². The molecule has 0 saturated carbocycles. The first kappa shape index (κ1) is 12.6. The van der Waals surface area contributed by atoms with Crippen LogP contribution in [0, 0.1) is 5.41 Å². The highest BCUT2D eigenvalue weighted by Gasteiger charge is 2.30. The Morgan fingerprint density at radius 2 is 2.33 bits per heavy atom. The van der Waals surface area contributed by atoms with Crippen molar-refractivity contribution < 1.29 is 9.47 Å². The summed E-state index contributed by atoms with van der Waals surface area (Å²) < 4.78 is 10.9. The summed E-state index contributed by atoms with van der Waals surface area (Å²) in [6.07, 6.45) is 9.87. The van der Waals surface area contributed by atoms with Gasteiger partial charge in [-0.3, -0.25) is 0 Å². The number of hydrogen-bond donors (Lipinski definition) is 0. The minimum Gasteiger partial charge on any atom is -0.502 e. The van der Waals surface area contributed by atoms with Gasteiger partial charge in [0.2, 0.25) is 0 Å². The van der Waals surface area contributed by atoms with Crippen LogP contribution in [0.5, 0.6) is 0 Å². The van der Waals surface area contributed by atoms with Crippen molar-refractivity contribution in [1.82, 2.24) is 0 Å². The molecule has 1 atom stereocenters. The Morgan fingerprint density at radius 3 is 2.93 bits per heavy atom. The van der Waals surface area contributed by atoms with Gasteiger partial charge in [-0.1, -0.05) is 13.0 Å². The molecule has 88 valence electrons. The predicted molar refractivity (Wildman–Crippen MR) is 62.8 cm³/mol. The van der Waals surface area contributed by atoms with Crippen LogP contribution in [0.25, 0.3) is 0 Å². The molecule has 1 aliphatic rings. The van der Waals surface area contributed by atoms with Gasteiger partial charge in [0.15, 0.2) is 0 Å². The summed E-state index contributed by atoms with van der Waals surface area (Å²) in [7, 11) is 0. The van der Waals surface area contributed by atoms with E-state index < -0.39 is 0 Å². The van der Waals surface area contributed by atoms with Crippen molar-refractivity contribution >= 4 is 0 Å². The maximum absolute atomic E-state index is 5.60. The van der Waals surface area contributed by atoms with Crippen molar-refractivity contribution in [2.75, 3.05) is 19.8 Å². The minimum absolute atomic E-state index is 0.442. The lowest BCUT2D eigenvalue weighted by atomic mass is 9.76. The summed E-state index contributed by atoms with van der Waals surface area (Å²) in [4.78, 5) is 0. The normalized spacial score (nSPS) is 27.1. The molecule has 1 rings (SSSR count). The minimum atomic E-state index is 0.442. The summed E-state index contributed by atoms with van der Waals surface area (Å²) in [6, 6.07) is 0. The van der Waals surface area contributed by atoms with Crippen molar-refractivity contribution in [2.24, 2.45) is 5.41 Å². The van der Waals surface area contributed by atoms with Crippen LogP contribution in [0.2, 0.25) is 0 Å². The van der Waals surface area contributed by atoms with Crippen LogP contribution in [-0.4, -0.2) is 19.8 Å². The first-order valence-corrected chi connectivity index (χ1v) is 6.13. The fraction of sp³-hybridized carbons (Fsp3) is 0.846. The van der Waals surface area contributed by atoms with E-state index in [0.29, 0.717) is 5.41 Å². The van der Waals surface area contributed by atoms with E-state index in [-0.39, 0.29) is 0 Å².